The fourth-order valence-corrected chi connectivity index (χ4v) is 4.67. The van der Waals surface area contributed by atoms with Crippen molar-refractivity contribution in [1.29, 1.82) is 0 Å². The Morgan fingerprint density at radius 3 is 2.40 bits per heavy atom. The standard InChI is InChI=1S/C21H23ClN4O3S/c1-3-25(4-2)30(28,29)18-11-9-16(10-12-18)13-23-21(27)17-14-24-26(15-17)20-8-6-5-7-19(20)22/h5-12,14-15H,3-4,13H2,1-2H3,(H,23,27). The molecule has 0 atom stereocenters. The first-order valence-electron chi connectivity index (χ1n) is 9.53. The summed E-state index contributed by atoms with van der Waals surface area (Å²) in [6.07, 6.45) is 3.08. The Morgan fingerprint density at radius 2 is 1.77 bits per heavy atom. The van der Waals surface area contributed by atoms with Crippen molar-refractivity contribution in [2.45, 2.75) is 25.3 Å². The first kappa shape index (κ1) is 22.0. The first-order valence-corrected chi connectivity index (χ1v) is 11.4. The highest BCUT2D eigenvalue weighted by molar-refractivity contribution is 7.89. The number of hydrogen-bond acceptors (Lipinski definition) is 4. The molecular formula is C21H23ClN4O3S. The Labute approximate surface area is 181 Å². The van der Waals surface area contributed by atoms with Crippen LogP contribution in [0.3, 0.4) is 0 Å². The minimum Gasteiger partial charge on any atom is -0.348 e. The monoisotopic (exact) mass is 446 g/mol. The number of carbonyl (C=O) groups is 1. The summed E-state index contributed by atoms with van der Waals surface area (Å²) in [6.45, 7) is 4.70. The van der Waals surface area contributed by atoms with Gasteiger partial charge in [0.2, 0.25) is 10.0 Å². The zero-order valence-corrected chi connectivity index (χ0v) is 18.3. The molecule has 0 spiro atoms. The van der Waals surface area contributed by atoms with Gasteiger partial charge in [0.05, 0.1) is 27.4 Å². The number of nitrogens with zero attached hydrogens (tertiary/aromatic N) is 3. The summed E-state index contributed by atoms with van der Waals surface area (Å²) in [4.78, 5) is 12.7. The van der Waals surface area contributed by atoms with E-state index in [1.807, 2.05) is 18.2 Å². The van der Waals surface area contributed by atoms with E-state index in [0.717, 1.165) is 5.56 Å². The van der Waals surface area contributed by atoms with Gasteiger partial charge in [-0.15, -0.1) is 0 Å². The van der Waals surface area contributed by atoms with E-state index >= 15 is 0 Å². The fraction of sp³-hybridized carbons (Fsp3) is 0.238. The summed E-state index contributed by atoms with van der Waals surface area (Å²) in [5, 5.41) is 7.54. The Bertz CT molecular complexity index is 1120. The topological polar surface area (TPSA) is 84.3 Å². The van der Waals surface area contributed by atoms with Crippen molar-refractivity contribution < 1.29 is 13.2 Å². The van der Waals surface area contributed by atoms with Crippen molar-refractivity contribution in [3.63, 3.8) is 0 Å². The molecule has 2 aromatic carbocycles. The van der Waals surface area contributed by atoms with Crippen molar-refractivity contribution in [1.82, 2.24) is 19.4 Å². The lowest BCUT2D eigenvalue weighted by Gasteiger charge is -2.18. The number of para-hydroxylation sites is 1. The highest BCUT2D eigenvalue weighted by Gasteiger charge is 2.21. The number of rotatable bonds is 8. The second-order valence-corrected chi connectivity index (χ2v) is 8.89. The zero-order valence-electron chi connectivity index (χ0n) is 16.7. The molecule has 158 valence electrons. The van der Waals surface area contributed by atoms with Gasteiger partial charge in [0.25, 0.3) is 5.91 Å². The Morgan fingerprint density at radius 1 is 1.10 bits per heavy atom. The fourth-order valence-electron chi connectivity index (χ4n) is 2.99. The molecule has 1 aromatic heterocycles. The third-order valence-electron chi connectivity index (χ3n) is 4.66. The van der Waals surface area contributed by atoms with Crippen LogP contribution in [-0.2, 0) is 16.6 Å². The van der Waals surface area contributed by atoms with E-state index in [1.165, 1.54) is 10.5 Å². The first-order chi connectivity index (χ1) is 14.4. The highest BCUT2D eigenvalue weighted by atomic mass is 35.5. The van der Waals surface area contributed by atoms with Crippen LogP contribution in [0.15, 0.2) is 65.8 Å². The van der Waals surface area contributed by atoms with Crippen LogP contribution in [0.4, 0.5) is 0 Å². The van der Waals surface area contributed by atoms with Crippen LogP contribution in [0.1, 0.15) is 29.8 Å². The smallest absolute Gasteiger partial charge is 0.254 e. The molecule has 0 aliphatic carbocycles. The Hall–Kier alpha value is -2.68. The molecule has 1 amide bonds. The van der Waals surface area contributed by atoms with Crippen molar-refractivity contribution in [2.75, 3.05) is 13.1 Å². The second kappa shape index (κ2) is 9.42. The van der Waals surface area contributed by atoms with Crippen molar-refractivity contribution in [3.8, 4) is 5.69 Å². The van der Waals surface area contributed by atoms with Crippen molar-refractivity contribution >= 4 is 27.5 Å². The number of sulfonamides is 1. The van der Waals surface area contributed by atoms with Gasteiger partial charge in [-0.25, -0.2) is 13.1 Å². The molecule has 9 heteroatoms. The van der Waals surface area contributed by atoms with Gasteiger partial charge >= 0.3 is 0 Å². The average Bonchev–Trinajstić information content (AvgIpc) is 3.23. The minimum absolute atomic E-state index is 0.238. The highest BCUT2D eigenvalue weighted by Crippen LogP contribution is 2.19. The van der Waals surface area contributed by atoms with Crippen LogP contribution in [0.25, 0.3) is 5.69 Å². The van der Waals surface area contributed by atoms with E-state index in [-0.39, 0.29) is 17.3 Å². The molecule has 0 saturated heterocycles. The van der Waals surface area contributed by atoms with E-state index in [1.54, 1.807) is 55.1 Å². The molecule has 30 heavy (non-hydrogen) atoms. The lowest BCUT2D eigenvalue weighted by Crippen LogP contribution is -2.30. The van der Waals surface area contributed by atoms with E-state index < -0.39 is 10.0 Å². The number of benzene rings is 2. The summed E-state index contributed by atoms with van der Waals surface area (Å²) in [5.74, 6) is -0.284. The predicted octanol–water partition coefficient (Wildman–Crippen LogP) is 3.49. The maximum atomic E-state index is 12.5. The molecule has 0 aliphatic rings. The Balaban J connectivity index is 1.65. The average molecular weight is 447 g/mol. The minimum atomic E-state index is -3.50. The van der Waals surface area contributed by atoms with Gasteiger partial charge in [-0.2, -0.15) is 9.40 Å². The number of aromatic nitrogens is 2. The maximum Gasteiger partial charge on any atom is 0.254 e. The normalized spacial score (nSPS) is 11.6. The van der Waals surface area contributed by atoms with E-state index in [4.69, 9.17) is 11.6 Å². The molecular weight excluding hydrogens is 424 g/mol. The number of halogens is 1. The van der Waals surface area contributed by atoms with Crippen molar-refractivity contribution in [3.05, 3.63) is 77.1 Å². The molecule has 3 aromatic rings. The van der Waals surface area contributed by atoms with Gasteiger partial charge in [0.15, 0.2) is 0 Å². The molecule has 0 bridgehead atoms. The van der Waals surface area contributed by atoms with E-state index in [0.29, 0.717) is 29.4 Å². The molecule has 3 rings (SSSR count). The van der Waals surface area contributed by atoms with Crippen LogP contribution in [-0.4, -0.2) is 41.5 Å². The van der Waals surface area contributed by atoms with Crippen molar-refractivity contribution in [2.24, 2.45) is 0 Å². The van der Waals surface area contributed by atoms with Crippen LogP contribution < -0.4 is 5.32 Å². The van der Waals surface area contributed by atoms with Gasteiger partial charge in [-0.3, -0.25) is 4.79 Å². The second-order valence-electron chi connectivity index (χ2n) is 6.54. The molecule has 1 heterocycles. The maximum absolute atomic E-state index is 12.5. The van der Waals surface area contributed by atoms with Crippen LogP contribution in [0.2, 0.25) is 5.02 Å². The summed E-state index contributed by atoms with van der Waals surface area (Å²) < 4.78 is 28.0. The van der Waals surface area contributed by atoms with Gasteiger partial charge in [0, 0.05) is 25.8 Å². The van der Waals surface area contributed by atoms with Crippen LogP contribution >= 0.6 is 11.6 Å². The van der Waals surface area contributed by atoms with Gasteiger partial charge in [-0.1, -0.05) is 49.7 Å². The quantitative estimate of drug-likeness (QED) is 0.574. The summed E-state index contributed by atoms with van der Waals surface area (Å²) in [6, 6.07) is 13.7. The molecule has 0 fully saturated rings. The molecule has 1 N–H and O–H groups in total. The summed E-state index contributed by atoms with van der Waals surface area (Å²) in [5.41, 5.74) is 1.87. The zero-order chi connectivity index (χ0) is 21.7. The SMILES string of the molecule is CCN(CC)S(=O)(=O)c1ccc(CNC(=O)c2cnn(-c3ccccc3Cl)c2)cc1. The number of carbonyl (C=O) groups excluding carboxylic acids is 1. The number of hydrogen-bond donors (Lipinski definition) is 1. The summed E-state index contributed by atoms with van der Waals surface area (Å²) >= 11 is 6.16. The van der Waals surface area contributed by atoms with Crippen LogP contribution in [0, 0.1) is 0 Å². The largest absolute Gasteiger partial charge is 0.348 e. The predicted molar refractivity (Wildman–Crippen MR) is 116 cm³/mol. The third kappa shape index (κ3) is 4.72. The van der Waals surface area contributed by atoms with Gasteiger partial charge in [-0.05, 0) is 29.8 Å². The van der Waals surface area contributed by atoms with E-state index in [2.05, 4.69) is 10.4 Å². The lowest BCUT2D eigenvalue weighted by atomic mass is 10.2. The molecule has 0 saturated carbocycles. The lowest BCUT2D eigenvalue weighted by molar-refractivity contribution is 0.0951. The Kier molecular flexibility index (Phi) is 6.91. The number of amides is 1. The number of nitrogens with one attached hydrogen (secondary N) is 1. The molecule has 7 nitrogen and oxygen atoms in total. The molecule has 0 radical (unpaired) electrons. The molecule has 0 aliphatic heterocycles. The van der Waals surface area contributed by atoms with E-state index in [9.17, 15) is 13.2 Å². The van der Waals surface area contributed by atoms with Gasteiger partial charge < -0.3 is 5.32 Å². The van der Waals surface area contributed by atoms with Crippen LogP contribution in [0.5, 0.6) is 0 Å². The summed E-state index contributed by atoms with van der Waals surface area (Å²) in [7, 11) is -3.50. The van der Waals surface area contributed by atoms with Gasteiger partial charge in [0.1, 0.15) is 0 Å². The molecule has 0 unspecified atom stereocenters. The third-order valence-corrected chi connectivity index (χ3v) is 7.05.